The Balaban J connectivity index is 2.31. The molecule has 0 bridgehead atoms. The summed E-state index contributed by atoms with van der Waals surface area (Å²) in [6, 6.07) is 7.18. The van der Waals surface area contributed by atoms with Crippen LogP contribution in [-0.2, 0) is 4.79 Å². The van der Waals surface area contributed by atoms with Crippen LogP contribution in [0.5, 0.6) is 5.75 Å². The van der Waals surface area contributed by atoms with E-state index >= 15 is 0 Å². The van der Waals surface area contributed by atoms with Crippen LogP contribution in [0.1, 0.15) is 6.42 Å². The summed E-state index contributed by atoms with van der Waals surface area (Å²) in [5.41, 5.74) is 2.63. The second-order valence-corrected chi connectivity index (χ2v) is 3.87. The van der Waals surface area contributed by atoms with Crippen LogP contribution in [0.25, 0.3) is 0 Å². The molecule has 0 heterocycles. The number of benzene rings is 1. The summed E-state index contributed by atoms with van der Waals surface area (Å²) in [7, 11) is 3.51. The van der Waals surface area contributed by atoms with Crippen LogP contribution in [0.4, 0.5) is 0 Å². The van der Waals surface area contributed by atoms with Gasteiger partial charge in [0.25, 0.3) is 0 Å². The molecule has 0 radical (unpaired) electrons. The predicted octanol–water partition coefficient (Wildman–Crippen LogP) is 1.70. The van der Waals surface area contributed by atoms with E-state index in [2.05, 4.69) is 5.43 Å². The molecule has 88 valence electrons. The van der Waals surface area contributed by atoms with Crippen LogP contribution in [-0.4, -0.2) is 31.6 Å². The van der Waals surface area contributed by atoms with Crippen molar-refractivity contribution in [3.8, 4) is 5.75 Å². The third-order valence-corrected chi connectivity index (χ3v) is 2.08. The smallest absolute Gasteiger partial charge is 0.237 e. The molecule has 5 heteroatoms. The number of hydrogen-bond acceptors (Lipinski definition) is 3. The summed E-state index contributed by atoms with van der Waals surface area (Å²) in [5, 5.41) is 2.15. The van der Waals surface area contributed by atoms with Crippen molar-refractivity contribution in [1.82, 2.24) is 10.4 Å². The van der Waals surface area contributed by atoms with E-state index in [0.717, 1.165) is 0 Å². The minimum Gasteiger partial charge on any atom is -0.491 e. The van der Waals surface area contributed by atoms with Crippen molar-refractivity contribution in [2.75, 3.05) is 20.7 Å². The molecule has 0 atom stereocenters. The number of hydrogen-bond donors (Lipinski definition) is 1. The molecular formula is C11H15ClN2O2. The van der Waals surface area contributed by atoms with Crippen LogP contribution in [0.15, 0.2) is 24.3 Å². The first-order valence-electron chi connectivity index (χ1n) is 4.93. The molecule has 0 aliphatic rings. The molecular weight excluding hydrogens is 228 g/mol. The first kappa shape index (κ1) is 12.8. The molecule has 1 aromatic rings. The van der Waals surface area contributed by atoms with Gasteiger partial charge in [-0.05, 0) is 12.1 Å². The minimum atomic E-state index is -0.0861. The largest absolute Gasteiger partial charge is 0.491 e. The van der Waals surface area contributed by atoms with Crippen LogP contribution < -0.4 is 10.2 Å². The Morgan fingerprint density at radius 1 is 1.44 bits per heavy atom. The Labute approximate surface area is 100 Å². The molecule has 1 aromatic carbocycles. The van der Waals surface area contributed by atoms with E-state index in [0.29, 0.717) is 23.8 Å². The van der Waals surface area contributed by atoms with Gasteiger partial charge in [-0.25, -0.2) is 5.01 Å². The maximum absolute atomic E-state index is 11.3. The standard InChI is InChI=1S/C11H15ClN2O2/c1-14(2)13-11(15)7-8-16-10-6-4-3-5-9(10)12/h3-6H,7-8H2,1-2H3,(H,13,15). The lowest BCUT2D eigenvalue weighted by Gasteiger charge is -2.12. The summed E-state index contributed by atoms with van der Waals surface area (Å²) in [4.78, 5) is 11.3. The van der Waals surface area contributed by atoms with Gasteiger partial charge < -0.3 is 4.74 Å². The molecule has 1 amide bonds. The molecule has 16 heavy (non-hydrogen) atoms. The first-order chi connectivity index (χ1) is 7.59. The number of carbonyl (C=O) groups excluding carboxylic acids is 1. The fraction of sp³-hybridized carbons (Fsp3) is 0.364. The average Bonchev–Trinajstić information content (AvgIpc) is 2.19. The molecule has 0 aromatic heterocycles. The monoisotopic (exact) mass is 242 g/mol. The number of para-hydroxylation sites is 1. The van der Waals surface area contributed by atoms with E-state index in [1.54, 1.807) is 31.2 Å². The number of halogens is 1. The van der Waals surface area contributed by atoms with Crippen molar-refractivity contribution in [3.05, 3.63) is 29.3 Å². The van der Waals surface area contributed by atoms with Crippen molar-refractivity contribution in [2.45, 2.75) is 6.42 Å². The highest BCUT2D eigenvalue weighted by Crippen LogP contribution is 2.22. The van der Waals surface area contributed by atoms with Gasteiger partial charge in [-0.1, -0.05) is 23.7 Å². The van der Waals surface area contributed by atoms with Crippen LogP contribution >= 0.6 is 11.6 Å². The Hall–Kier alpha value is -1.26. The summed E-state index contributed by atoms with van der Waals surface area (Å²) in [6.45, 7) is 0.309. The quantitative estimate of drug-likeness (QED) is 0.800. The topological polar surface area (TPSA) is 41.6 Å². The minimum absolute atomic E-state index is 0.0861. The van der Waals surface area contributed by atoms with E-state index < -0.39 is 0 Å². The highest BCUT2D eigenvalue weighted by atomic mass is 35.5. The Morgan fingerprint density at radius 2 is 2.12 bits per heavy atom. The molecule has 1 rings (SSSR count). The van der Waals surface area contributed by atoms with Gasteiger partial charge in [0.15, 0.2) is 0 Å². The summed E-state index contributed by atoms with van der Waals surface area (Å²) >= 11 is 5.89. The van der Waals surface area contributed by atoms with Gasteiger partial charge in [0.1, 0.15) is 5.75 Å². The number of nitrogens with zero attached hydrogens (tertiary/aromatic N) is 1. The van der Waals surface area contributed by atoms with Crippen LogP contribution in [0.3, 0.4) is 0 Å². The Morgan fingerprint density at radius 3 is 2.75 bits per heavy atom. The predicted molar refractivity (Wildman–Crippen MR) is 63.4 cm³/mol. The van der Waals surface area contributed by atoms with E-state index in [1.807, 2.05) is 12.1 Å². The molecule has 0 aliphatic carbocycles. The number of amides is 1. The molecule has 0 spiro atoms. The lowest BCUT2D eigenvalue weighted by atomic mass is 10.3. The SMILES string of the molecule is CN(C)NC(=O)CCOc1ccccc1Cl. The molecule has 1 N–H and O–H groups in total. The molecule has 0 aliphatic heterocycles. The Kier molecular flexibility index (Phi) is 5.08. The lowest BCUT2D eigenvalue weighted by Crippen LogP contribution is -2.36. The molecule has 4 nitrogen and oxygen atoms in total. The maximum Gasteiger partial charge on any atom is 0.237 e. The number of carbonyl (C=O) groups is 1. The number of ether oxygens (including phenoxy) is 1. The van der Waals surface area contributed by atoms with Crippen molar-refractivity contribution in [3.63, 3.8) is 0 Å². The van der Waals surface area contributed by atoms with Crippen LogP contribution in [0, 0.1) is 0 Å². The second kappa shape index (κ2) is 6.35. The zero-order valence-corrected chi connectivity index (χ0v) is 10.1. The highest BCUT2D eigenvalue weighted by molar-refractivity contribution is 6.32. The number of rotatable bonds is 5. The third kappa shape index (κ3) is 4.51. The Bertz CT molecular complexity index is 356. The van der Waals surface area contributed by atoms with Gasteiger partial charge in [0.2, 0.25) is 5.91 Å². The fourth-order valence-corrected chi connectivity index (χ4v) is 1.31. The number of hydrazine groups is 1. The van der Waals surface area contributed by atoms with Crippen molar-refractivity contribution in [1.29, 1.82) is 0 Å². The van der Waals surface area contributed by atoms with Crippen molar-refractivity contribution in [2.24, 2.45) is 0 Å². The second-order valence-electron chi connectivity index (χ2n) is 3.46. The molecule has 0 saturated carbocycles. The average molecular weight is 243 g/mol. The summed E-state index contributed by atoms with van der Waals surface area (Å²) in [6.07, 6.45) is 0.295. The first-order valence-corrected chi connectivity index (χ1v) is 5.31. The van der Waals surface area contributed by atoms with Crippen molar-refractivity contribution < 1.29 is 9.53 Å². The van der Waals surface area contributed by atoms with Gasteiger partial charge in [-0.15, -0.1) is 0 Å². The van der Waals surface area contributed by atoms with Crippen LogP contribution in [0.2, 0.25) is 5.02 Å². The van der Waals surface area contributed by atoms with E-state index in [1.165, 1.54) is 0 Å². The van der Waals surface area contributed by atoms with Gasteiger partial charge in [-0.2, -0.15) is 0 Å². The van der Waals surface area contributed by atoms with Gasteiger partial charge in [0.05, 0.1) is 18.1 Å². The fourth-order valence-electron chi connectivity index (χ4n) is 1.12. The van der Waals surface area contributed by atoms with E-state index in [-0.39, 0.29) is 5.91 Å². The van der Waals surface area contributed by atoms with Crippen molar-refractivity contribution >= 4 is 17.5 Å². The summed E-state index contributed by atoms with van der Waals surface area (Å²) < 4.78 is 5.38. The third-order valence-electron chi connectivity index (χ3n) is 1.77. The van der Waals surface area contributed by atoms with E-state index in [4.69, 9.17) is 16.3 Å². The zero-order chi connectivity index (χ0) is 12.0. The lowest BCUT2D eigenvalue weighted by molar-refractivity contribution is -0.125. The van der Waals surface area contributed by atoms with Gasteiger partial charge in [-0.3, -0.25) is 10.2 Å². The zero-order valence-electron chi connectivity index (χ0n) is 9.37. The molecule has 0 saturated heterocycles. The van der Waals surface area contributed by atoms with E-state index in [9.17, 15) is 4.79 Å². The normalized spacial score (nSPS) is 10.2. The molecule has 0 unspecified atom stereocenters. The summed E-state index contributed by atoms with van der Waals surface area (Å²) in [5.74, 6) is 0.513. The van der Waals surface area contributed by atoms with Gasteiger partial charge in [0, 0.05) is 14.1 Å². The van der Waals surface area contributed by atoms with Gasteiger partial charge >= 0.3 is 0 Å². The molecule has 0 fully saturated rings. The number of nitrogens with one attached hydrogen (secondary N) is 1. The highest BCUT2D eigenvalue weighted by Gasteiger charge is 2.04. The maximum atomic E-state index is 11.3.